The predicted molar refractivity (Wildman–Crippen MR) is 29.8 cm³/mol. The molecule has 1 radical (unpaired) electrons. The van der Waals surface area contributed by atoms with Gasteiger partial charge in [-0.15, -0.1) is 0 Å². The maximum Gasteiger partial charge on any atom is 0.425 e. The van der Waals surface area contributed by atoms with Crippen molar-refractivity contribution in [2.75, 3.05) is 0 Å². The predicted octanol–water partition coefficient (Wildman–Crippen LogP) is -1.12. The molecule has 0 bridgehead atoms. The van der Waals surface area contributed by atoms with Crippen molar-refractivity contribution in [3.8, 4) is 0 Å². The van der Waals surface area contributed by atoms with Gasteiger partial charge in [0.2, 0.25) is 0 Å². The molecule has 9 heteroatoms. The van der Waals surface area contributed by atoms with E-state index < -0.39 is 14.9 Å². The summed E-state index contributed by atoms with van der Waals surface area (Å²) in [5.74, 6) is 0. The van der Waals surface area contributed by atoms with Crippen LogP contribution in [0.15, 0.2) is 0 Å². The van der Waals surface area contributed by atoms with Gasteiger partial charge in [0.05, 0.1) is 0 Å². The zero-order valence-corrected chi connectivity index (χ0v) is 5.87. The molecular weight excluding hydrogens is 169 g/mol. The molecule has 0 saturated carbocycles. The molecule has 0 heterocycles. The Morgan fingerprint density at radius 1 is 0.889 bits per heavy atom. The Balaban J connectivity index is 4.07. The Bertz CT molecular complexity index is 151. The third-order valence-electron chi connectivity index (χ3n) is 0.301. The van der Waals surface area contributed by atoms with E-state index in [-0.39, 0.29) is 6.72 Å². The summed E-state index contributed by atoms with van der Waals surface area (Å²) in [6.45, 7) is -0.292. The molecule has 0 aliphatic heterocycles. The van der Waals surface area contributed by atoms with Gasteiger partial charge in [-0.05, 0) is 0 Å². The van der Waals surface area contributed by atoms with E-state index in [4.69, 9.17) is 19.6 Å². The lowest BCUT2D eigenvalue weighted by atomic mass is 10.7. The molecule has 0 aliphatic carbocycles. The van der Waals surface area contributed by atoms with Crippen molar-refractivity contribution in [2.45, 2.75) is 0 Å². The quantitative estimate of drug-likeness (QED) is 0.310. The fourth-order valence-electron chi connectivity index (χ4n) is 0.196. The van der Waals surface area contributed by atoms with Gasteiger partial charge in [0.25, 0.3) is 14.9 Å². The number of hydrogen-bond donors (Lipinski definition) is 4. The van der Waals surface area contributed by atoms with Crippen molar-refractivity contribution < 1.29 is 28.7 Å². The molecule has 0 amide bonds. The van der Waals surface area contributed by atoms with Gasteiger partial charge in [0.15, 0.2) is 0 Å². The summed E-state index contributed by atoms with van der Waals surface area (Å²) in [7, 11) is -9.35. The molecule has 0 fully saturated rings. The molecule has 0 aliphatic rings. The van der Waals surface area contributed by atoms with Gasteiger partial charge < -0.3 is 19.6 Å². The molecule has 0 aromatic carbocycles. The van der Waals surface area contributed by atoms with E-state index >= 15 is 0 Å². The van der Waals surface area contributed by atoms with E-state index in [1.807, 2.05) is 0 Å². The van der Waals surface area contributed by atoms with Gasteiger partial charge in [-0.3, -0.25) is 9.13 Å². The molecular formula is H4BO6P2. The fourth-order valence-corrected chi connectivity index (χ4v) is 1.76. The molecule has 0 rings (SSSR count). The van der Waals surface area contributed by atoms with Crippen molar-refractivity contribution in [2.24, 2.45) is 0 Å². The average Bonchev–Trinajstić information content (AvgIpc) is 1.14. The SMILES string of the molecule is O=P(O)(O)[B]P(=O)(O)O. The Kier molecular flexibility index (Phi) is 2.64. The van der Waals surface area contributed by atoms with Crippen molar-refractivity contribution in [3.05, 3.63) is 0 Å². The zero-order valence-electron chi connectivity index (χ0n) is 4.08. The van der Waals surface area contributed by atoms with E-state index in [1.54, 1.807) is 0 Å². The molecule has 0 spiro atoms. The van der Waals surface area contributed by atoms with Crippen LogP contribution in [-0.4, -0.2) is 26.3 Å². The fraction of sp³-hybridized carbons (Fsp3) is 0. The topological polar surface area (TPSA) is 115 Å². The molecule has 9 heavy (non-hydrogen) atoms. The van der Waals surface area contributed by atoms with Gasteiger partial charge in [-0.25, -0.2) is 0 Å². The molecule has 6 nitrogen and oxygen atoms in total. The third-order valence-corrected chi connectivity index (χ3v) is 2.71. The maximum absolute atomic E-state index is 9.79. The van der Waals surface area contributed by atoms with Crippen LogP contribution in [0.25, 0.3) is 0 Å². The van der Waals surface area contributed by atoms with E-state index in [0.29, 0.717) is 0 Å². The Labute approximate surface area is 51.4 Å². The zero-order chi connectivity index (χ0) is 7.71. The van der Waals surface area contributed by atoms with Gasteiger partial charge >= 0.3 is 6.72 Å². The highest BCUT2D eigenvalue weighted by molar-refractivity contribution is 8.11. The van der Waals surface area contributed by atoms with Gasteiger partial charge in [0, 0.05) is 0 Å². The number of rotatable bonds is 2. The Morgan fingerprint density at radius 3 is 1.11 bits per heavy atom. The first-order valence-corrected chi connectivity index (χ1v) is 5.04. The van der Waals surface area contributed by atoms with Crippen molar-refractivity contribution >= 4 is 21.7 Å². The normalized spacial score (nSPS) is 13.3. The summed E-state index contributed by atoms with van der Waals surface area (Å²) >= 11 is 0. The molecule has 0 aromatic rings. The second kappa shape index (κ2) is 2.54. The van der Waals surface area contributed by atoms with Crippen LogP contribution in [0.4, 0.5) is 0 Å². The third kappa shape index (κ3) is 8.36. The summed E-state index contributed by atoms with van der Waals surface area (Å²) in [4.78, 5) is 31.7. The van der Waals surface area contributed by atoms with Crippen molar-refractivity contribution in [1.29, 1.82) is 0 Å². The first-order valence-electron chi connectivity index (χ1n) is 1.68. The molecule has 53 valence electrons. The van der Waals surface area contributed by atoms with E-state index in [1.165, 1.54) is 0 Å². The average molecular weight is 173 g/mol. The summed E-state index contributed by atoms with van der Waals surface area (Å²) in [5, 5.41) is 0. The van der Waals surface area contributed by atoms with Crippen molar-refractivity contribution in [1.82, 2.24) is 0 Å². The smallest absolute Gasteiger partial charge is 0.332 e. The molecule has 0 aromatic heterocycles. The summed E-state index contributed by atoms with van der Waals surface area (Å²) in [6.07, 6.45) is 0. The summed E-state index contributed by atoms with van der Waals surface area (Å²) in [5.41, 5.74) is 0. The molecule has 4 N–H and O–H groups in total. The van der Waals surface area contributed by atoms with Crippen LogP contribution < -0.4 is 0 Å². The first-order chi connectivity index (χ1) is 3.71. The van der Waals surface area contributed by atoms with Crippen LogP contribution in [0.3, 0.4) is 0 Å². The van der Waals surface area contributed by atoms with Crippen molar-refractivity contribution in [3.63, 3.8) is 0 Å². The van der Waals surface area contributed by atoms with Gasteiger partial charge in [0.1, 0.15) is 0 Å². The molecule has 0 atom stereocenters. The van der Waals surface area contributed by atoms with E-state index in [0.717, 1.165) is 0 Å². The molecule has 0 unspecified atom stereocenters. The highest BCUT2D eigenvalue weighted by Crippen LogP contribution is 2.48. The minimum atomic E-state index is -4.68. The van der Waals surface area contributed by atoms with Crippen LogP contribution >= 0.6 is 14.9 Å². The van der Waals surface area contributed by atoms with Crippen LogP contribution in [0, 0.1) is 0 Å². The van der Waals surface area contributed by atoms with Gasteiger partial charge in [-0.1, -0.05) is 0 Å². The lowest BCUT2D eigenvalue weighted by molar-refractivity contribution is 0.386. The second-order valence-corrected chi connectivity index (χ2v) is 4.57. The van der Waals surface area contributed by atoms with Crippen LogP contribution in [0.1, 0.15) is 0 Å². The Hall–Kier alpha value is 0.365. The van der Waals surface area contributed by atoms with Crippen LogP contribution in [0.2, 0.25) is 0 Å². The van der Waals surface area contributed by atoms with Crippen LogP contribution in [-0.2, 0) is 9.13 Å². The van der Waals surface area contributed by atoms with E-state index in [2.05, 4.69) is 0 Å². The lowest BCUT2D eigenvalue weighted by Gasteiger charge is -2.01. The monoisotopic (exact) mass is 173 g/mol. The standard InChI is InChI=1S/BH4O6P2/c2-8(3,4)1-9(5,6)7/h(H2,2,3,4)(H2,5,6,7). The van der Waals surface area contributed by atoms with E-state index in [9.17, 15) is 9.13 Å². The first kappa shape index (κ1) is 9.36. The number of hydrogen-bond acceptors (Lipinski definition) is 2. The molecule has 0 saturated heterocycles. The minimum Gasteiger partial charge on any atom is -0.332 e. The summed E-state index contributed by atoms with van der Waals surface area (Å²) in [6, 6.07) is 0. The largest absolute Gasteiger partial charge is 0.425 e. The second-order valence-electron chi connectivity index (χ2n) is 1.29. The van der Waals surface area contributed by atoms with Gasteiger partial charge in [-0.2, -0.15) is 0 Å². The Morgan fingerprint density at radius 2 is 1.11 bits per heavy atom. The maximum atomic E-state index is 9.79. The highest BCUT2D eigenvalue weighted by atomic mass is 31.2. The van der Waals surface area contributed by atoms with Crippen LogP contribution in [0.5, 0.6) is 0 Å². The lowest BCUT2D eigenvalue weighted by Crippen LogP contribution is -1.93. The summed E-state index contributed by atoms with van der Waals surface area (Å²) < 4.78 is 19.6. The minimum absolute atomic E-state index is 0.292. The highest BCUT2D eigenvalue weighted by Gasteiger charge is 2.31.